The topological polar surface area (TPSA) is 123 Å². The van der Waals surface area contributed by atoms with Gasteiger partial charge in [-0.3, -0.25) is 15.0 Å². The molecule has 1 unspecified atom stereocenters. The van der Waals surface area contributed by atoms with Crippen molar-refractivity contribution in [1.29, 1.82) is 0 Å². The van der Waals surface area contributed by atoms with Crippen LogP contribution in [0.2, 0.25) is 0 Å². The second-order valence-corrected chi connectivity index (χ2v) is 10.00. The first kappa shape index (κ1) is 29.6. The zero-order valence-electron chi connectivity index (χ0n) is 23.8. The van der Waals surface area contributed by atoms with Crippen LogP contribution in [0.4, 0.5) is 11.4 Å². The number of anilines is 1. The maximum atomic E-state index is 13.4. The van der Waals surface area contributed by atoms with Crippen molar-refractivity contribution in [2.45, 2.75) is 26.2 Å². The third-order valence-electron chi connectivity index (χ3n) is 7.44. The molecule has 2 heterocycles. The normalized spacial score (nSPS) is 17.7. The minimum atomic E-state index is -0.874. The Balaban J connectivity index is 1.39. The lowest BCUT2D eigenvalue weighted by molar-refractivity contribution is -0.384. The number of methoxy groups -OCH3 is 2. The molecule has 11 nitrogen and oxygen atoms in total. The molecule has 1 fully saturated rings. The summed E-state index contributed by atoms with van der Waals surface area (Å²) >= 11 is 0. The Morgan fingerprint density at radius 1 is 0.976 bits per heavy atom. The summed E-state index contributed by atoms with van der Waals surface area (Å²) in [6.45, 7) is 7.95. The van der Waals surface area contributed by atoms with E-state index in [1.807, 2.05) is 18.2 Å². The maximum absolute atomic E-state index is 13.4. The Morgan fingerprint density at radius 3 is 2.32 bits per heavy atom. The van der Waals surface area contributed by atoms with E-state index in [4.69, 9.17) is 14.2 Å². The van der Waals surface area contributed by atoms with Gasteiger partial charge in [-0.2, -0.15) is 0 Å². The van der Waals surface area contributed by atoms with E-state index >= 15 is 0 Å². The van der Waals surface area contributed by atoms with Gasteiger partial charge in [-0.25, -0.2) is 9.59 Å². The van der Waals surface area contributed by atoms with Crippen molar-refractivity contribution < 1.29 is 28.7 Å². The molecule has 11 heteroatoms. The summed E-state index contributed by atoms with van der Waals surface area (Å²) in [5.74, 6) is -1.25. The van der Waals surface area contributed by atoms with Gasteiger partial charge in [-0.05, 0) is 38.0 Å². The number of hydrogen-bond donors (Lipinski definition) is 1. The van der Waals surface area contributed by atoms with Crippen molar-refractivity contribution in [3.8, 4) is 5.75 Å². The monoisotopic (exact) mass is 564 g/mol. The van der Waals surface area contributed by atoms with Gasteiger partial charge in [0, 0.05) is 68.0 Å². The van der Waals surface area contributed by atoms with Gasteiger partial charge in [0.1, 0.15) is 5.75 Å². The molecule has 0 bridgehead atoms. The highest BCUT2D eigenvalue weighted by molar-refractivity contribution is 5.99. The van der Waals surface area contributed by atoms with E-state index < -0.39 is 22.8 Å². The number of rotatable bonds is 10. The molecule has 1 saturated heterocycles. The highest BCUT2D eigenvalue weighted by atomic mass is 16.6. The number of ether oxygens (including phenoxy) is 3. The molecule has 2 aliphatic rings. The van der Waals surface area contributed by atoms with E-state index in [9.17, 15) is 19.7 Å². The molecule has 0 saturated carbocycles. The number of piperazine rings is 1. The molecule has 0 aromatic heterocycles. The number of non-ortho nitro benzene ring substituents is 1. The number of esters is 2. The largest absolute Gasteiger partial charge is 0.497 e. The number of benzene rings is 2. The highest BCUT2D eigenvalue weighted by Crippen LogP contribution is 2.40. The molecule has 218 valence electrons. The fourth-order valence-corrected chi connectivity index (χ4v) is 5.36. The summed E-state index contributed by atoms with van der Waals surface area (Å²) < 4.78 is 16.0. The first-order chi connectivity index (χ1) is 19.7. The lowest BCUT2D eigenvalue weighted by Crippen LogP contribution is -2.46. The minimum Gasteiger partial charge on any atom is -0.497 e. The first-order valence-corrected chi connectivity index (χ1v) is 13.5. The Hall–Kier alpha value is -4.38. The molecule has 0 amide bonds. The number of carbonyl (C=O) groups is 2. The molecule has 1 atom stereocenters. The van der Waals surface area contributed by atoms with E-state index in [1.165, 1.54) is 25.3 Å². The van der Waals surface area contributed by atoms with Crippen LogP contribution in [0.15, 0.2) is 71.1 Å². The quantitative estimate of drug-likeness (QED) is 0.197. The number of dihydropyridines is 1. The molecule has 2 aliphatic heterocycles. The van der Waals surface area contributed by atoms with Crippen molar-refractivity contribution in [2.24, 2.45) is 0 Å². The first-order valence-electron chi connectivity index (χ1n) is 13.5. The van der Waals surface area contributed by atoms with Crippen LogP contribution in [0.1, 0.15) is 31.7 Å². The standard InChI is InChI=1S/C30H36N4O7/c1-20-26(29(35)40-4)28(22-8-5-10-24(18-22)34(37)38)27(21(2)31-20)30(36)41-17-7-12-32-13-15-33(16-14-32)23-9-6-11-25(19-23)39-3/h5-6,8-11,18-19,28,31H,7,12-17H2,1-4H3. The molecule has 41 heavy (non-hydrogen) atoms. The van der Waals surface area contributed by atoms with E-state index in [-0.39, 0.29) is 23.4 Å². The van der Waals surface area contributed by atoms with Gasteiger partial charge in [0.2, 0.25) is 0 Å². The van der Waals surface area contributed by atoms with E-state index in [2.05, 4.69) is 21.2 Å². The summed E-state index contributed by atoms with van der Waals surface area (Å²) in [6, 6.07) is 14.0. The van der Waals surface area contributed by atoms with Gasteiger partial charge in [0.25, 0.3) is 5.69 Å². The SMILES string of the molecule is COC(=O)C1=C(C)NC(C)=C(C(=O)OCCCN2CCN(c3cccc(OC)c3)CC2)C1c1cccc([N+](=O)[O-])c1. The van der Waals surface area contributed by atoms with E-state index in [1.54, 1.807) is 27.0 Å². The number of nitrogens with zero attached hydrogens (tertiary/aromatic N) is 3. The fraction of sp³-hybridized carbons (Fsp3) is 0.400. The Labute approximate surface area is 239 Å². The van der Waals surface area contributed by atoms with Crippen LogP contribution in [-0.2, 0) is 19.1 Å². The van der Waals surface area contributed by atoms with Gasteiger partial charge in [-0.1, -0.05) is 18.2 Å². The summed E-state index contributed by atoms with van der Waals surface area (Å²) in [5, 5.41) is 14.5. The fourth-order valence-electron chi connectivity index (χ4n) is 5.36. The Bertz CT molecular complexity index is 1360. The van der Waals surface area contributed by atoms with Crippen LogP contribution in [0.25, 0.3) is 0 Å². The van der Waals surface area contributed by atoms with Gasteiger partial charge in [-0.15, -0.1) is 0 Å². The molecule has 0 spiro atoms. The second kappa shape index (κ2) is 13.3. The molecule has 2 aromatic carbocycles. The average molecular weight is 565 g/mol. The van der Waals surface area contributed by atoms with Gasteiger partial charge < -0.3 is 24.4 Å². The van der Waals surface area contributed by atoms with Crippen molar-refractivity contribution >= 4 is 23.3 Å². The zero-order valence-corrected chi connectivity index (χ0v) is 23.8. The van der Waals surface area contributed by atoms with Crippen LogP contribution < -0.4 is 15.0 Å². The van der Waals surface area contributed by atoms with Crippen LogP contribution in [0.5, 0.6) is 5.75 Å². The van der Waals surface area contributed by atoms with Gasteiger partial charge >= 0.3 is 11.9 Å². The van der Waals surface area contributed by atoms with Gasteiger partial charge in [0.05, 0.1) is 42.8 Å². The summed E-state index contributed by atoms with van der Waals surface area (Å²) in [6.07, 6.45) is 0.644. The third kappa shape index (κ3) is 6.86. The predicted octanol–water partition coefficient (Wildman–Crippen LogP) is 3.77. The molecular formula is C30H36N4O7. The number of allylic oxidation sites excluding steroid dienone is 2. The van der Waals surface area contributed by atoms with Crippen LogP contribution in [-0.4, -0.2) is 75.3 Å². The third-order valence-corrected chi connectivity index (χ3v) is 7.44. The molecular weight excluding hydrogens is 528 g/mol. The predicted molar refractivity (Wildman–Crippen MR) is 154 cm³/mol. The molecule has 0 radical (unpaired) electrons. The summed E-state index contributed by atoms with van der Waals surface area (Å²) in [7, 11) is 2.92. The number of hydrogen-bond acceptors (Lipinski definition) is 10. The van der Waals surface area contributed by atoms with Gasteiger partial charge in [0.15, 0.2) is 0 Å². The lowest BCUT2D eigenvalue weighted by Gasteiger charge is -2.36. The Morgan fingerprint density at radius 2 is 1.66 bits per heavy atom. The van der Waals surface area contributed by atoms with Crippen molar-refractivity contribution in [3.63, 3.8) is 0 Å². The van der Waals surface area contributed by atoms with Crippen LogP contribution in [0.3, 0.4) is 0 Å². The van der Waals surface area contributed by atoms with Crippen LogP contribution in [0, 0.1) is 10.1 Å². The van der Waals surface area contributed by atoms with E-state index in [0.717, 1.165) is 44.2 Å². The maximum Gasteiger partial charge on any atom is 0.336 e. The van der Waals surface area contributed by atoms with Crippen LogP contribution >= 0.6 is 0 Å². The number of nitrogens with one attached hydrogen (secondary N) is 1. The Kier molecular flexibility index (Phi) is 9.61. The van der Waals surface area contributed by atoms with Crippen molar-refractivity contribution in [1.82, 2.24) is 10.2 Å². The number of nitro groups is 1. The van der Waals surface area contributed by atoms with Crippen molar-refractivity contribution in [2.75, 3.05) is 58.5 Å². The summed E-state index contributed by atoms with van der Waals surface area (Å²) in [4.78, 5) is 41.8. The van der Waals surface area contributed by atoms with E-state index in [0.29, 0.717) is 23.4 Å². The number of carbonyl (C=O) groups excluding carboxylic acids is 2. The lowest BCUT2D eigenvalue weighted by atomic mass is 9.80. The number of nitro benzene ring substituents is 1. The molecule has 4 rings (SSSR count). The molecule has 2 aromatic rings. The second-order valence-electron chi connectivity index (χ2n) is 10.00. The minimum absolute atomic E-state index is 0.139. The summed E-state index contributed by atoms with van der Waals surface area (Å²) in [5.41, 5.74) is 2.89. The van der Waals surface area contributed by atoms with Crippen molar-refractivity contribution in [3.05, 3.63) is 86.7 Å². The molecule has 1 N–H and O–H groups in total. The average Bonchev–Trinajstić information content (AvgIpc) is 2.98. The highest BCUT2D eigenvalue weighted by Gasteiger charge is 2.38. The smallest absolute Gasteiger partial charge is 0.336 e. The zero-order chi connectivity index (χ0) is 29.5. The molecule has 0 aliphatic carbocycles.